The maximum Gasteiger partial charge on any atom is 0.258 e. The molecule has 0 saturated carbocycles. The minimum absolute atomic E-state index is 0.0482. The monoisotopic (exact) mass is 471 g/mol. The summed E-state index contributed by atoms with van der Waals surface area (Å²) < 4.78 is 0. The number of aryl methyl sites for hydroxylation is 1. The zero-order valence-electron chi connectivity index (χ0n) is 20.4. The molecule has 1 atom stereocenters. The number of carbonyl (C=O) groups excluding carboxylic acids is 2. The summed E-state index contributed by atoms with van der Waals surface area (Å²) >= 11 is 0. The van der Waals surface area contributed by atoms with E-state index >= 15 is 0 Å². The Morgan fingerprint density at radius 2 is 1.74 bits per heavy atom. The predicted octanol–water partition coefficient (Wildman–Crippen LogP) is 5.04. The number of para-hydroxylation sites is 1. The Morgan fingerprint density at radius 1 is 1.03 bits per heavy atom. The van der Waals surface area contributed by atoms with Crippen molar-refractivity contribution in [1.29, 1.82) is 0 Å². The van der Waals surface area contributed by atoms with Crippen LogP contribution in [-0.4, -0.2) is 48.6 Å². The molecule has 3 aromatic carbocycles. The molecule has 182 valence electrons. The van der Waals surface area contributed by atoms with Gasteiger partial charge in [-0.3, -0.25) is 14.5 Å². The molecule has 1 heterocycles. The fraction of sp³-hybridized carbons (Fsp3) is 0.310. The van der Waals surface area contributed by atoms with E-state index in [-0.39, 0.29) is 24.5 Å². The topological polar surface area (TPSA) is 72.9 Å². The van der Waals surface area contributed by atoms with Gasteiger partial charge < -0.3 is 15.3 Å². The molecule has 1 unspecified atom stereocenters. The number of aliphatic hydroxyl groups excluding tert-OH is 1. The van der Waals surface area contributed by atoms with Gasteiger partial charge in [-0.15, -0.1) is 0 Å². The van der Waals surface area contributed by atoms with E-state index in [0.29, 0.717) is 23.4 Å². The van der Waals surface area contributed by atoms with Crippen LogP contribution in [0.2, 0.25) is 0 Å². The van der Waals surface area contributed by atoms with Crippen molar-refractivity contribution in [3.63, 3.8) is 0 Å². The first kappa shape index (κ1) is 24.6. The molecule has 0 aromatic heterocycles. The molecule has 6 heteroatoms. The summed E-state index contributed by atoms with van der Waals surface area (Å²) in [5.41, 5.74) is 4.86. The van der Waals surface area contributed by atoms with Crippen LogP contribution < -0.4 is 10.2 Å². The molecule has 0 fully saturated rings. The molecule has 4 rings (SSSR count). The molecule has 2 N–H and O–H groups in total. The Morgan fingerprint density at radius 3 is 2.49 bits per heavy atom. The SMILES string of the molecule is Cc1ccccc1C(=O)Nc1ccc(C(=O)N2CCCC(N(C)CCCO)c3ccccc32)cc1. The van der Waals surface area contributed by atoms with Gasteiger partial charge in [-0.05, 0) is 80.8 Å². The van der Waals surface area contributed by atoms with E-state index in [0.717, 1.165) is 42.6 Å². The number of fused-ring (bicyclic) bond motifs is 1. The van der Waals surface area contributed by atoms with Crippen LogP contribution >= 0.6 is 0 Å². The number of aliphatic hydroxyl groups is 1. The fourth-order valence-electron chi connectivity index (χ4n) is 4.76. The normalized spacial score (nSPS) is 15.4. The molecule has 1 aliphatic heterocycles. The third-order valence-corrected chi connectivity index (χ3v) is 6.67. The van der Waals surface area contributed by atoms with Crippen LogP contribution in [0, 0.1) is 6.92 Å². The van der Waals surface area contributed by atoms with Gasteiger partial charge in [0.25, 0.3) is 11.8 Å². The van der Waals surface area contributed by atoms with Crippen LogP contribution in [0.25, 0.3) is 0 Å². The van der Waals surface area contributed by atoms with Gasteiger partial charge >= 0.3 is 0 Å². The molecule has 0 bridgehead atoms. The number of rotatable bonds is 7. The lowest BCUT2D eigenvalue weighted by molar-refractivity contribution is 0.0985. The molecule has 1 aliphatic rings. The van der Waals surface area contributed by atoms with E-state index in [4.69, 9.17) is 0 Å². The molecule has 0 aliphatic carbocycles. The molecule has 2 amide bonds. The summed E-state index contributed by atoms with van der Waals surface area (Å²) in [4.78, 5) is 30.3. The lowest BCUT2D eigenvalue weighted by Gasteiger charge is -2.29. The highest BCUT2D eigenvalue weighted by Crippen LogP contribution is 2.36. The number of benzene rings is 3. The van der Waals surface area contributed by atoms with Crippen LogP contribution in [0.4, 0.5) is 11.4 Å². The van der Waals surface area contributed by atoms with E-state index in [9.17, 15) is 14.7 Å². The second-order valence-electron chi connectivity index (χ2n) is 9.08. The standard InChI is InChI=1S/C29H33N3O3/c1-21-9-3-4-10-24(21)28(34)30-23-16-14-22(15-17-23)29(35)32-19-7-13-26(31(2)18-8-20-33)25-11-5-6-12-27(25)32/h3-6,9-12,14-17,26,33H,7-8,13,18-20H2,1-2H3,(H,30,34). The Labute approximate surface area is 207 Å². The largest absolute Gasteiger partial charge is 0.396 e. The highest BCUT2D eigenvalue weighted by atomic mass is 16.3. The first-order chi connectivity index (χ1) is 17.0. The van der Waals surface area contributed by atoms with E-state index in [2.05, 4.69) is 23.3 Å². The van der Waals surface area contributed by atoms with E-state index in [1.807, 2.05) is 48.2 Å². The summed E-state index contributed by atoms with van der Waals surface area (Å²) in [5, 5.41) is 12.2. The first-order valence-corrected chi connectivity index (χ1v) is 12.2. The molecular formula is C29H33N3O3. The van der Waals surface area contributed by atoms with Gasteiger partial charge in [0.15, 0.2) is 0 Å². The van der Waals surface area contributed by atoms with Crippen LogP contribution in [0.5, 0.6) is 0 Å². The molecule has 6 nitrogen and oxygen atoms in total. The maximum absolute atomic E-state index is 13.6. The third-order valence-electron chi connectivity index (χ3n) is 6.67. The van der Waals surface area contributed by atoms with Gasteiger partial charge in [-0.25, -0.2) is 0 Å². The number of nitrogens with one attached hydrogen (secondary N) is 1. The lowest BCUT2D eigenvalue weighted by atomic mass is 10.00. The van der Waals surface area contributed by atoms with Crippen molar-refractivity contribution in [2.75, 3.05) is 37.0 Å². The molecule has 0 spiro atoms. The van der Waals surface area contributed by atoms with Crippen molar-refractivity contribution in [3.05, 3.63) is 95.1 Å². The summed E-state index contributed by atoms with van der Waals surface area (Å²) in [6.07, 6.45) is 2.57. The average Bonchev–Trinajstić information content (AvgIpc) is 3.07. The number of carbonyl (C=O) groups is 2. The van der Waals surface area contributed by atoms with Crippen molar-refractivity contribution >= 4 is 23.2 Å². The molecule has 0 radical (unpaired) electrons. The number of amides is 2. The number of hydrogen-bond acceptors (Lipinski definition) is 4. The van der Waals surface area contributed by atoms with Crippen molar-refractivity contribution in [2.45, 2.75) is 32.2 Å². The van der Waals surface area contributed by atoms with Crippen LogP contribution in [0.15, 0.2) is 72.8 Å². The van der Waals surface area contributed by atoms with Gasteiger partial charge in [0.1, 0.15) is 0 Å². The molecule has 3 aromatic rings. The number of hydrogen-bond donors (Lipinski definition) is 2. The summed E-state index contributed by atoms with van der Waals surface area (Å²) in [5.74, 6) is -0.215. The highest BCUT2D eigenvalue weighted by molar-refractivity contribution is 6.08. The van der Waals surface area contributed by atoms with Gasteiger partial charge in [-0.1, -0.05) is 36.4 Å². The first-order valence-electron chi connectivity index (χ1n) is 12.2. The van der Waals surface area contributed by atoms with Crippen molar-refractivity contribution < 1.29 is 14.7 Å². The summed E-state index contributed by atoms with van der Waals surface area (Å²) in [6, 6.07) is 22.9. The van der Waals surface area contributed by atoms with Gasteiger partial charge in [0.05, 0.1) is 0 Å². The highest BCUT2D eigenvalue weighted by Gasteiger charge is 2.28. The van der Waals surface area contributed by atoms with Crippen molar-refractivity contribution in [1.82, 2.24) is 4.90 Å². The van der Waals surface area contributed by atoms with Gasteiger partial charge in [-0.2, -0.15) is 0 Å². The quantitative estimate of drug-likeness (QED) is 0.506. The van der Waals surface area contributed by atoms with Crippen LogP contribution in [0.3, 0.4) is 0 Å². The number of anilines is 2. The van der Waals surface area contributed by atoms with Crippen LogP contribution in [-0.2, 0) is 0 Å². The predicted molar refractivity (Wildman–Crippen MR) is 140 cm³/mol. The summed E-state index contributed by atoms with van der Waals surface area (Å²) in [7, 11) is 2.08. The Balaban J connectivity index is 1.52. The summed E-state index contributed by atoms with van der Waals surface area (Å²) in [6.45, 7) is 3.53. The molecular weight excluding hydrogens is 438 g/mol. The molecule has 0 saturated heterocycles. The Bertz CT molecular complexity index is 1180. The third kappa shape index (κ3) is 5.61. The Kier molecular flexibility index (Phi) is 7.95. The number of nitrogens with zero attached hydrogens (tertiary/aromatic N) is 2. The second kappa shape index (κ2) is 11.3. The smallest absolute Gasteiger partial charge is 0.258 e. The Hall–Kier alpha value is -3.48. The van der Waals surface area contributed by atoms with E-state index in [1.165, 1.54) is 0 Å². The van der Waals surface area contributed by atoms with E-state index < -0.39 is 0 Å². The van der Waals surface area contributed by atoms with E-state index in [1.54, 1.807) is 30.3 Å². The van der Waals surface area contributed by atoms with Crippen molar-refractivity contribution in [3.8, 4) is 0 Å². The fourth-order valence-corrected chi connectivity index (χ4v) is 4.76. The molecule has 35 heavy (non-hydrogen) atoms. The van der Waals surface area contributed by atoms with Crippen LogP contribution in [0.1, 0.15) is 57.1 Å². The average molecular weight is 472 g/mol. The van der Waals surface area contributed by atoms with Gasteiger partial charge in [0.2, 0.25) is 0 Å². The lowest BCUT2D eigenvalue weighted by Crippen LogP contribution is -2.32. The minimum atomic E-state index is -0.167. The second-order valence-corrected chi connectivity index (χ2v) is 9.08. The minimum Gasteiger partial charge on any atom is -0.396 e. The van der Waals surface area contributed by atoms with Gasteiger partial charge in [0, 0.05) is 48.2 Å². The zero-order chi connectivity index (χ0) is 24.8. The zero-order valence-corrected chi connectivity index (χ0v) is 20.4. The maximum atomic E-state index is 13.6. The van der Waals surface area contributed by atoms with Crippen molar-refractivity contribution in [2.24, 2.45) is 0 Å².